The van der Waals surface area contributed by atoms with Gasteiger partial charge in [-0.2, -0.15) is 0 Å². The molecule has 1 aromatic rings. The summed E-state index contributed by atoms with van der Waals surface area (Å²) in [6.07, 6.45) is 0.622. The molecule has 5 nitrogen and oxygen atoms in total. The number of rotatable bonds is 2. The average molecular weight is 348 g/mol. The molecule has 0 unspecified atom stereocenters. The number of esters is 1. The third kappa shape index (κ3) is 2.84. The summed E-state index contributed by atoms with van der Waals surface area (Å²) in [5.41, 5.74) is 1.93. The van der Waals surface area contributed by atoms with Gasteiger partial charge in [0.05, 0.1) is 7.11 Å². The first-order chi connectivity index (χ1) is 11.4. The van der Waals surface area contributed by atoms with Gasteiger partial charge in [0, 0.05) is 28.6 Å². The maximum atomic E-state index is 13.0. The van der Waals surface area contributed by atoms with Gasteiger partial charge in [0.2, 0.25) is 5.91 Å². The predicted octanol–water partition coefficient (Wildman–Crippen LogP) is 2.60. The molecular weight excluding hydrogens is 330 g/mol. The van der Waals surface area contributed by atoms with Crippen LogP contribution in [0, 0.1) is 11.8 Å². The maximum absolute atomic E-state index is 13.0. The number of carbonyl (C=O) groups is 3. The summed E-state index contributed by atoms with van der Waals surface area (Å²) in [5.74, 6) is -2.36. The fourth-order valence-electron chi connectivity index (χ4n) is 3.61. The van der Waals surface area contributed by atoms with Crippen LogP contribution in [0.25, 0.3) is 0 Å². The molecule has 0 saturated carbocycles. The summed E-state index contributed by atoms with van der Waals surface area (Å²) in [7, 11) is 1.28. The lowest BCUT2D eigenvalue weighted by atomic mass is 9.70. The number of allylic oxidation sites excluding steroid dienone is 2. The molecule has 0 radical (unpaired) electrons. The minimum Gasteiger partial charge on any atom is -0.468 e. The number of halogens is 1. The SMILES string of the molecule is COC(=O)[C@H]1C(=O)C2=C(C[C@@H]1C)NC(=O)C[C@@H]2c1cccc(Cl)c1. The smallest absolute Gasteiger partial charge is 0.316 e. The van der Waals surface area contributed by atoms with Gasteiger partial charge in [-0.05, 0) is 30.0 Å². The number of amides is 1. The van der Waals surface area contributed by atoms with E-state index in [-0.39, 0.29) is 29.9 Å². The second-order valence-electron chi connectivity index (χ2n) is 6.30. The van der Waals surface area contributed by atoms with Gasteiger partial charge in [0.1, 0.15) is 5.92 Å². The molecule has 1 aliphatic carbocycles. The number of hydrogen-bond acceptors (Lipinski definition) is 4. The average Bonchev–Trinajstić information content (AvgIpc) is 2.53. The van der Waals surface area contributed by atoms with E-state index in [1.807, 2.05) is 13.0 Å². The van der Waals surface area contributed by atoms with Crippen LogP contribution in [-0.4, -0.2) is 24.8 Å². The second-order valence-corrected chi connectivity index (χ2v) is 6.74. The first kappa shape index (κ1) is 16.7. The first-order valence-corrected chi connectivity index (χ1v) is 8.20. The number of Topliss-reactive ketones (excluding diaryl/α,β-unsaturated/α-hetero) is 1. The molecule has 3 rings (SSSR count). The van der Waals surface area contributed by atoms with E-state index < -0.39 is 11.9 Å². The van der Waals surface area contributed by atoms with E-state index in [1.165, 1.54) is 7.11 Å². The zero-order chi connectivity index (χ0) is 17.4. The summed E-state index contributed by atoms with van der Waals surface area (Å²) in [6, 6.07) is 7.13. The van der Waals surface area contributed by atoms with E-state index in [2.05, 4.69) is 5.32 Å². The van der Waals surface area contributed by atoms with Crippen molar-refractivity contribution in [3.05, 3.63) is 46.1 Å². The van der Waals surface area contributed by atoms with Gasteiger partial charge in [-0.25, -0.2) is 0 Å². The molecule has 1 N–H and O–H groups in total. The van der Waals surface area contributed by atoms with Crippen molar-refractivity contribution >= 4 is 29.3 Å². The van der Waals surface area contributed by atoms with Crippen LogP contribution in [0.5, 0.6) is 0 Å². The van der Waals surface area contributed by atoms with Crippen LogP contribution in [-0.2, 0) is 19.1 Å². The van der Waals surface area contributed by atoms with Crippen LogP contribution < -0.4 is 5.32 Å². The molecule has 0 fully saturated rings. The van der Waals surface area contributed by atoms with Crippen molar-refractivity contribution in [1.29, 1.82) is 0 Å². The van der Waals surface area contributed by atoms with Crippen LogP contribution in [0.3, 0.4) is 0 Å². The Bertz CT molecular complexity index is 755. The molecule has 1 amide bonds. The van der Waals surface area contributed by atoms with Crippen LogP contribution in [0.4, 0.5) is 0 Å². The van der Waals surface area contributed by atoms with E-state index in [4.69, 9.17) is 16.3 Å². The highest BCUT2D eigenvalue weighted by atomic mass is 35.5. The fourth-order valence-corrected chi connectivity index (χ4v) is 3.80. The van der Waals surface area contributed by atoms with Gasteiger partial charge in [0.25, 0.3) is 0 Å². The minimum atomic E-state index is -0.828. The van der Waals surface area contributed by atoms with Gasteiger partial charge in [-0.3, -0.25) is 14.4 Å². The zero-order valence-corrected chi connectivity index (χ0v) is 14.2. The number of ketones is 1. The molecule has 1 aliphatic heterocycles. The monoisotopic (exact) mass is 347 g/mol. The lowest BCUT2D eigenvalue weighted by Crippen LogP contribution is -2.44. The highest BCUT2D eigenvalue weighted by Gasteiger charge is 2.45. The molecule has 2 aliphatic rings. The highest BCUT2D eigenvalue weighted by Crippen LogP contribution is 2.42. The molecule has 0 aromatic heterocycles. The normalized spacial score (nSPS) is 26.7. The Morgan fingerprint density at radius 2 is 2.04 bits per heavy atom. The van der Waals surface area contributed by atoms with Crippen LogP contribution >= 0.6 is 11.6 Å². The highest BCUT2D eigenvalue weighted by molar-refractivity contribution is 6.30. The standard InChI is InChI=1S/C18H18ClNO4/c1-9-6-13-16(17(22)15(9)18(23)24-2)12(8-14(21)20-13)10-4-3-5-11(19)7-10/h3-5,7,9,12,15H,6,8H2,1-2H3,(H,20,21)/t9-,12+,15+/m0/s1. The fraction of sp³-hybridized carbons (Fsp3) is 0.389. The Morgan fingerprint density at radius 3 is 2.71 bits per heavy atom. The summed E-state index contributed by atoms with van der Waals surface area (Å²) in [6.45, 7) is 1.82. The van der Waals surface area contributed by atoms with E-state index in [1.54, 1.807) is 18.2 Å². The van der Waals surface area contributed by atoms with Crippen molar-refractivity contribution in [1.82, 2.24) is 5.32 Å². The predicted molar refractivity (Wildman–Crippen MR) is 88.3 cm³/mol. The quantitative estimate of drug-likeness (QED) is 0.659. The topological polar surface area (TPSA) is 72.5 Å². The first-order valence-electron chi connectivity index (χ1n) is 7.82. The summed E-state index contributed by atoms with van der Waals surface area (Å²) < 4.78 is 4.80. The van der Waals surface area contributed by atoms with Crippen molar-refractivity contribution in [2.45, 2.75) is 25.7 Å². The Hall–Kier alpha value is -2.14. The molecule has 6 heteroatoms. The molecule has 0 bridgehead atoms. The van der Waals surface area contributed by atoms with Gasteiger partial charge in [0.15, 0.2) is 5.78 Å². The van der Waals surface area contributed by atoms with Gasteiger partial charge in [-0.1, -0.05) is 30.7 Å². The number of carbonyl (C=O) groups excluding carboxylic acids is 3. The van der Waals surface area contributed by atoms with Crippen LogP contribution in [0.1, 0.15) is 31.2 Å². The van der Waals surface area contributed by atoms with Crippen LogP contribution in [0.2, 0.25) is 5.02 Å². The number of ether oxygens (including phenoxy) is 1. The summed E-state index contributed by atoms with van der Waals surface area (Å²) in [5, 5.41) is 3.35. The number of nitrogens with one attached hydrogen (secondary N) is 1. The maximum Gasteiger partial charge on any atom is 0.316 e. The van der Waals surface area contributed by atoms with Gasteiger partial charge >= 0.3 is 5.97 Å². The number of methoxy groups -OCH3 is 1. The zero-order valence-electron chi connectivity index (χ0n) is 13.5. The van der Waals surface area contributed by atoms with E-state index in [0.29, 0.717) is 22.7 Å². The third-order valence-corrected chi connectivity index (χ3v) is 4.94. The Balaban J connectivity index is 2.08. The lowest BCUT2D eigenvalue weighted by Gasteiger charge is -2.36. The molecule has 0 saturated heterocycles. The van der Waals surface area contributed by atoms with Crippen LogP contribution in [0.15, 0.2) is 35.5 Å². The van der Waals surface area contributed by atoms with Gasteiger partial charge in [-0.15, -0.1) is 0 Å². The Morgan fingerprint density at radius 1 is 1.29 bits per heavy atom. The molecule has 3 atom stereocenters. The number of hydrogen-bond donors (Lipinski definition) is 1. The summed E-state index contributed by atoms with van der Waals surface area (Å²) >= 11 is 6.06. The lowest BCUT2D eigenvalue weighted by molar-refractivity contribution is -0.151. The van der Waals surface area contributed by atoms with Gasteiger partial charge < -0.3 is 10.1 Å². The second kappa shape index (κ2) is 6.40. The molecular formula is C18H18ClNO4. The molecule has 0 spiro atoms. The van der Waals surface area contributed by atoms with Crippen molar-refractivity contribution in [2.75, 3.05) is 7.11 Å². The number of benzene rings is 1. The molecule has 126 valence electrons. The van der Waals surface area contributed by atoms with E-state index >= 15 is 0 Å². The van der Waals surface area contributed by atoms with Crippen molar-refractivity contribution in [3.63, 3.8) is 0 Å². The molecule has 1 aromatic carbocycles. The van der Waals surface area contributed by atoms with Crippen molar-refractivity contribution < 1.29 is 19.1 Å². The minimum absolute atomic E-state index is 0.129. The molecule has 1 heterocycles. The Labute approximate surface area is 145 Å². The largest absolute Gasteiger partial charge is 0.468 e. The van der Waals surface area contributed by atoms with Crippen molar-refractivity contribution in [2.24, 2.45) is 11.8 Å². The third-order valence-electron chi connectivity index (χ3n) is 4.70. The summed E-state index contributed by atoms with van der Waals surface area (Å²) in [4.78, 5) is 37.1. The Kier molecular flexibility index (Phi) is 4.45. The van der Waals surface area contributed by atoms with E-state index in [9.17, 15) is 14.4 Å². The van der Waals surface area contributed by atoms with Crippen molar-refractivity contribution in [3.8, 4) is 0 Å². The molecule has 24 heavy (non-hydrogen) atoms. The van der Waals surface area contributed by atoms with E-state index in [0.717, 1.165) is 5.56 Å².